The van der Waals surface area contributed by atoms with Crippen molar-refractivity contribution in [1.29, 1.82) is 0 Å². The molecule has 5 nitrogen and oxygen atoms in total. The minimum absolute atomic E-state index is 0.182. The maximum absolute atomic E-state index is 13.7. The standard InChI is InChI=1S/C22H19ClFNO4/c1-15(22(26)27-12-11-16-5-3-2-4-6-16)28-18-7-9-19(10-8-18)29-21-20(24)13-17(23)14-25-21/h2-10,13-15H,11-12H2,1H3/t15-/m1/s1. The van der Waals surface area contributed by atoms with Crippen LogP contribution in [0.2, 0.25) is 5.02 Å². The predicted molar refractivity (Wildman–Crippen MR) is 107 cm³/mol. The molecule has 1 heterocycles. The molecule has 0 aliphatic rings. The van der Waals surface area contributed by atoms with Crippen LogP contribution in [0.4, 0.5) is 4.39 Å². The van der Waals surface area contributed by atoms with E-state index in [1.807, 2.05) is 30.3 Å². The summed E-state index contributed by atoms with van der Waals surface area (Å²) in [5, 5.41) is 0.184. The van der Waals surface area contributed by atoms with Gasteiger partial charge in [-0.25, -0.2) is 14.2 Å². The number of pyridine rings is 1. The lowest BCUT2D eigenvalue weighted by Gasteiger charge is -2.14. The molecule has 3 rings (SSSR count). The van der Waals surface area contributed by atoms with Crippen LogP contribution < -0.4 is 9.47 Å². The third-order valence-electron chi connectivity index (χ3n) is 3.93. The maximum Gasteiger partial charge on any atom is 0.347 e. The van der Waals surface area contributed by atoms with Crippen LogP contribution in [0.25, 0.3) is 0 Å². The predicted octanol–water partition coefficient (Wildman–Crippen LogP) is 5.22. The lowest BCUT2D eigenvalue weighted by molar-refractivity contribution is -0.151. The molecule has 150 valence electrons. The lowest BCUT2D eigenvalue weighted by atomic mass is 10.2. The molecule has 7 heteroatoms. The molecule has 0 aliphatic carbocycles. The second kappa shape index (κ2) is 9.89. The van der Waals surface area contributed by atoms with Gasteiger partial charge in [0.05, 0.1) is 11.6 Å². The zero-order valence-electron chi connectivity index (χ0n) is 15.7. The van der Waals surface area contributed by atoms with Crippen molar-refractivity contribution in [3.63, 3.8) is 0 Å². The van der Waals surface area contributed by atoms with Crippen LogP contribution in [0.5, 0.6) is 17.4 Å². The fourth-order valence-corrected chi connectivity index (χ4v) is 2.60. The van der Waals surface area contributed by atoms with Crippen molar-refractivity contribution in [2.45, 2.75) is 19.4 Å². The summed E-state index contributed by atoms with van der Waals surface area (Å²) in [6, 6.07) is 17.3. The number of aromatic nitrogens is 1. The molecule has 0 bridgehead atoms. The van der Waals surface area contributed by atoms with E-state index in [1.165, 1.54) is 6.20 Å². The Morgan fingerprint density at radius 2 is 1.79 bits per heavy atom. The van der Waals surface area contributed by atoms with Gasteiger partial charge in [0.1, 0.15) is 11.5 Å². The van der Waals surface area contributed by atoms with E-state index in [9.17, 15) is 9.18 Å². The summed E-state index contributed by atoms with van der Waals surface area (Å²) in [6.45, 7) is 1.89. The van der Waals surface area contributed by atoms with E-state index in [2.05, 4.69) is 4.98 Å². The van der Waals surface area contributed by atoms with Crippen LogP contribution in [-0.2, 0) is 16.0 Å². The van der Waals surface area contributed by atoms with Crippen molar-refractivity contribution < 1.29 is 23.4 Å². The summed E-state index contributed by atoms with van der Waals surface area (Å²) < 4.78 is 30.0. The summed E-state index contributed by atoms with van der Waals surface area (Å²) >= 11 is 5.67. The largest absolute Gasteiger partial charge is 0.479 e. The summed E-state index contributed by atoms with van der Waals surface area (Å²) in [6.07, 6.45) is 1.16. The average molecular weight is 416 g/mol. The van der Waals surface area contributed by atoms with Gasteiger partial charge in [-0.1, -0.05) is 41.9 Å². The number of nitrogens with zero attached hydrogens (tertiary/aromatic N) is 1. The molecule has 1 aromatic heterocycles. The summed E-state index contributed by atoms with van der Waals surface area (Å²) in [5.41, 5.74) is 1.09. The molecule has 1 atom stereocenters. The van der Waals surface area contributed by atoms with E-state index in [4.69, 9.17) is 25.8 Å². The molecule has 0 N–H and O–H groups in total. The Balaban J connectivity index is 1.48. The Hall–Kier alpha value is -3.12. The Morgan fingerprint density at radius 1 is 1.10 bits per heavy atom. The quantitative estimate of drug-likeness (QED) is 0.472. The van der Waals surface area contributed by atoms with Crippen LogP contribution in [0.15, 0.2) is 66.9 Å². The molecule has 0 fully saturated rings. The molecule has 2 aromatic carbocycles. The zero-order valence-corrected chi connectivity index (χ0v) is 16.4. The topological polar surface area (TPSA) is 57.7 Å². The molecule has 0 unspecified atom stereocenters. The lowest BCUT2D eigenvalue weighted by Crippen LogP contribution is -2.26. The number of ether oxygens (including phenoxy) is 3. The fraction of sp³-hybridized carbons (Fsp3) is 0.182. The molecule has 0 saturated carbocycles. The van der Waals surface area contributed by atoms with E-state index in [0.29, 0.717) is 17.9 Å². The highest BCUT2D eigenvalue weighted by Gasteiger charge is 2.16. The third-order valence-corrected chi connectivity index (χ3v) is 4.14. The van der Waals surface area contributed by atoms with Crippen LogP contribution in [-0.4, -0.2) is 23.7 Å². The van der Waals surface area contributed by atoms with Crippen LogP contribution in [0, 0.1) is 5.82 Å². The van der Waals surface area contributed by atoms with Gasteiger partial charge < -0.3 is 14.2 Å². The van der Waals surface area contributed by atoms with Crippen molar-refractivity contribution in [3.05, 3.63) is 83.3 Å². The highest BCUT2D eigenvalue weighted by molar-refractivity contribution is 6.30. The van der Waals surface area contributed by atoms with Crippen molar-refractivity contribution in [1.82, 2.24) is 4.98 Å². The normalized spacial score (nSPS) is 11.6. The minimum atomic E-state index is -0.770. The molecule has 0 saturated heterocycles. The smallest absolute Gasteiger partial charge is 0.347 e. The van der Waals surface area contributed by atoms with Gasteiger partial charge in [0.2, 0.25) is 0 Å². The number of hydrogen-bond donors (Lipinski definition) is 0. The monoisotopic (exact) mass is 415 g/mol. The Labute approximate surface area is 173 Å². The van der Waals surface area contributed by atoms with Crippen LogP contribution in [0.1, 0.15) is 12.5 Å². The van der Waals surface area contributed by atoms with Crippen molar-refractivity contribution >= 4 is 17.6 Å². The fourth-order valence-electron chi connectivity index (χ4n) is 2.46. The Morgan fingerprint density at radius 3 is 2.48 bits per heavy atom. The molecular weight excluding hydrogens is 397 g/mol. The first-order valence-electron chi connectivity index (χ1n) is 8.97. The minimum Gasteiger partial charge on any atom is -0.479 e. The number of halogens is 2. The highest BCUT2D eigenvalue weighted by Crippen LogP contribution is 2.26. The Bertz CT molecular complexity index is 951. The first-order valence-corrected chi connectivity index (χ1v) is 9.35. The third kappa shape index (κ3) is 6.19. The second-order valence-electron chi connectivity index (χ2n) is 6.18. The van der Waals surface area contributed by atoms with Crippen LogP contribution >= 0.6 is 11.6 Å². The summed E-state index contributed by atoms with van der Waals surface area (Å²) in [4.78, 5) is 15.9. The van der Waals surface area contributed by atoms with Crippen molar-refractivity contribution in [2.75, 3.05) is 6.61 Å². The number of carbonyl (C=O) groups excluding carboxylic acids is 1. The second-order valence-corrected chi connectivity index (χ2v) is 6.61. The first-order chi connectivity index (χ1) is 14.0. The molecule has 0 spiro atoms. The SMILES string of the molecule is C[C@@H](Oc1ccc(Oc2ncc(Cl)cc2F)cc1)C(=O)OCCc1ccccc1. The van der Waals surface area contributed by atoms with Gasteiger partial charge in [-0.2, -0.15) is 0 Å². The first kappa shape index (κ1) is 20.6. The molecular formula is C22H19ClFNO4. The molecule has 0 amide bonds. The van der Waals surface area contributed by atoms with Gasteiger partial charge in [0.15, 0.2) is 11.9 Å². The van der Waals surface area contributed by atoms with E-state index in [1.54, 1.807) is 31.2 Å². The van der Waals surface area contributed by atoms with E-state index in [-0.39, 0.29) is 17.5 Å². The highest BCUT2D eigenvalue weighted by atomic mass is 35.5. The molecule has 0 radical (unpaired) electrons. The molecule has 29 heavy (non-hydrogen) atoms. The average Bonchev–Trinajstić information content (AvgIpc) is 2.72. The Kier molecular flexibility index (Phi) is 7.03. The number of hydrogen-bond acceptors (Lipinski definition) is 5. The van der Waals surface area contributed by atoms with Gasteiger partial charge in [-0.3, -0.25) is 0 Å². The summed E-state index contributed by atoms with van der Waals surface area (Å²) in [7, 11) is 0. The molecule has 3 aromatic rings. The summed E-state index contributed by atoms with van der Waals surface area (Å²) in [5.74, 6) is -0.477. The van der Waals surface area contributed by atoms with E-state index in [0.717, 1.165) is 11.6 Å². The maximum atomic E-state index is 13.7. The van der Waals surface area contributed by atoms with E-state index >= 15 is 0 Å². The number of esters is 1. The number of rotatable bonds is 8. The van der Waals surface area contributed by atoms with Crippen LogP contribution in [0.3, 0.4) is 0 Å². The van der Waals surface area contributed by atoms with E-state index < -0.39 is 17.9 Å². The van der Waals surface area contributed by atoms with Gasteiger partial charge in [0, 0.05) is 12.6 Å². The zero-order chi connectivity index (χ0) is 20.6. The number of benzene rings is 2. The van der Waals surface area contributed by atoms with Crippen molar-refractivity contribution in [3.8, 4) is 17.4 Å². The van der Waals surface area contributed by atoms with Gasteiger partial charge in [-0.15, -0.1) is 0 Å². The van der Waals surface area contributed by atoms with Gasteiger partial charge in [-0.05, 0) is 42.8 Å². The van der Waals surface area contributed by atoms with Gasteiger partial charge >= 0.3 is 5.97 Å². The van der Waals surface area contributed by atoms with Gasteiger partial charge in [0.25, 0.3) is 5.88 Å². The number of carbonyl (C=O) groups is 1. The van der Waals surface area contributed by atoms with Crippen molar-refractivity contribution in [2.24, 2.45) is 0 Å². The molecule has 0 aliphatic heterocycles.